The Morgan fingerprint density at radius 3 is 2.89 bits per heavy atom. The molecule has 7 nitrogen and oxygen atoms in total. The van der Waals surface area contributed by atoms with Gasteiger partial charge in [-0.1, -0.05) is 11.8 Å². The van der Waals surface area contributed by atoms with Gasteiger partial charge in [0.15, 0.2) is 0 Å². The molecule has 18 heavy (non-hydrogen) atoms. The summed E-state index contributed by atoms with van der Waals surface area (Å²) < 4.78 is 0. The number of rotatable bonds is 6. The average Bonchev–Trinajstić information content (AvgIpc) is 2.36. The molecule has 1 aromatic heterocycles. The Balaban J connectivity index is 2.56. The van der Waals surface area contributed by atoms with Gasteiger partial charge in [-0.2, -0.15) is 0 Å². The predicted octanol–water partition coefficient (Wildman–Crippen LogP) is 0.545. The van der Waals surface area contributed by atoms with E-state index >= 15 is 0 Å². The smallest absolute Gasteiger partial charge is 0.287 e. The van der Waals surface area contributed by atoms with Gasteiger partial charge < -0.3 is 11.1 Å². The molecule has 3 N–H and O–H groups in total. The Morgan fingerprint density at radius 1 is 1.67 bits per heavy atom. The third-order valence-electron chi connectivity index (χ3n) is 2.04. The number of nitrogens with two attached hydrogens (primary N) is 1. The number of pyridine rings is 1. The maximum atomic E-state index is 11.6. The number of carbonyl (C=O) groups excluding carboxylic acids is 1. The third-order valence-corrected chi connectivity index (χ3v) is 3.09. The number of nitrogens with one attached hydrogen (secondary N) is 1. The van der Waals surface area contributed by atoms with Gasteiger partial charge >= 0.3 is 0 Å². The zero-order chi connectivity index (χ0) is 13.5. The van der Waals surface area contributed by atoms with Crippen molar-refractivity contribution in [3.63, 3.8) is 0 Å². The lowest BCUT2D eigenvalue weighted by Crippen LogP contribution is -2.34. The summed E-state index contributed by atoms with van der Waals surface area (Å²) in [6, 6.07) is 2.88. The summed E-state index contributed by atoms with van der Waals surface area (Å²) in [5.74, 6) is -0.134. The summed E-state index contributed by atoms with van der Waals surface area (Å²) in [7, 11) is 0. The molecule has 1 atom stereocenters. The van der Waals surface area contributed by atoms with Crippen molar-refractivity contribution in [3.8, 4) is 0 Å². The summed E-state index contributed by atoms with van der Waals surface area (Å²) in [6.07, 6.45) is 1.17. The van der Waals surface area contributed by atoms with Crippen LogP contribution < -0.4 is 11.1 Å². The number of thioether (sulfide) groups is 1. The van der Waals surface area contributed by atoms with E-state index in [-0.39, 0.29) is 16.8 Å². The van der Waals surface area contributed by atoms with Crippen LogP contribution in [0, 0.1) is 10.1 Å². The van der Waals surface area contributed by atoms with Gasteiger partial charge in [0, 0.05) is 19.2 Å². The molecule has 0 spiro atoms. The van der Waals surface area contributed by atoms with Crippen LogP contribution in [0.15, 0.2) is 23.4 Å². The molecule has 1 unspecified atom stereocenters. The van der Waals surface area contributed by atoms with Crippen molar-refractivity contribution in [2.24, 2.45) is 5.73 Å². The summed E-state index contributed by atoms with van der Waals surface area (Å²) >= 11 is 1.24. The van der Waals surface area contributed by atoms with Gasteiger partial charge in [-0.15, -0.1) is 0 Å². The van der Waals surface area contributed by atoms with Crippen LogP contribution in [0.25, 0.3) is 0 Å². The molecule has 0 aromatic carbocycles. The Morgan fingerprint density at radius 2 is 2.39 bits per heavy atom. The zero-order valence-corrected chi connectivity index (χ0v) is 10.6. The van der Waals surface area contributed by atoms with Gasteiger partial charge in [-0.05, 0) is 13.0 Å². The maximum Gasteiger partial charge on any atom is 0.287 e. The molecule has 1 amide bonds. The van der Waals surface area contributed by atoms with E-state index in [0.717, 1.165) is 0 Å². The van der Waals surface area contributed by atoms with Crippen LogP contribution in [-0.4, -0.2) is 34.2 Å². The van der Waals surface area contributed by atoms with Crippen LogP contribution in [0.3, 0.4) is 0 Å². The van der Waals surface area contributed by atoms with Crippen molar-refractivity contribution < 1.29 is 9.72 Å². The number of aromatic nitrogens is 1. The van der Waals surface area contributed by atoms with Crippen LogP contribution in [0.4, 0.5) is 5.69 Å². The molecule has 1 aromatic rings. The topological polar surface area (TPSA) is 111 Å². The monoisotopic (exact) mass is 270 g/mol. The first-order valence-electron chi connectivity index (χ1n) is 5.29. The second-order valence-corrected chi connectivity index (χ2v) is 4.81. The van der Waals surface area contributed by atoms with E-state index in [0.29, 0.717) is 18.1 Å². The van der Waals surface area contributed by atoms with Crippen LogP contribution in [0.5, 0.6) is 0 Å². The van der Waals surface area contributed by atoms with Crippen molar-refractivity contribution in [1.82, 2.24) is 10.3 Å². The van der Waals surface area contributed by atoms with E-state index in [1.807, 2.05) is 0 Å². The number of hydrogen-bond acceptors (Lipinski definition) is 6. The summed E-state index contributed by atoms with van der Waals surface area (Å²) in [4.78, 5) is 25.4. The van der Waals surface area contributed by atoms with Gasteiger partial charge in [0.25, 0.3) is 5.69 Å². The number of carbonyl (C=O) groups is 1. The average molecular weight is 270 g/mol. The van der Waals surface area contributed by atoms with Gasteiger partial charge in [0.1, 0.15) is 6.20 Å². The first-order chi connectivity index (χ1) is 8.54. The summed E-state index contributed by atoms with van der Waals surface area (Å²) in [5.41, 5.74) is 5.21. The summed E-state index contributed by atoms with van der Waals surface area (Å²) in [6.45, 7) is 2.55. The van der Waals surface area contributed by atoms with Crippen molar-refractivity contribution in [2.75, 3.05) is 13.1 Å². The minimum Gasteiger partial charge on any atom is -0.354 e. The third kappa shape index (κ3) is 4.30. The summed E-state index contributed by atoms with van der Waals surface area (Å²) in [5, 5.41) is 13.3. The predicted molar refractivity (Wildman–Crippen MR) is 68.3 cm³/mol. The Kier molecular flexibility index (Phi) is 5.53. The minimum absolute atomic E-state index is 0.0698. The Hall–Kier alpha value is -1.67. The lowest BCUT2D eigenvalue weighted by molar-refractivity contribution is -0.385. The van der Waals surface area contributed by atoms with Gasteiger partial charge in [0.2, 0.25) is 5.91 Å². The first-order valence-corrected chi connectivity index (χ1v) is 6.17. The molecule has 0 fully saturated rings. The SMILES string of the molecule is CC(Sc1ccc([N+](=O)[O-])cn1)C(=O)NCCN. The molecule has 1 rings (SSSR count). The fraction of sp³-hybridized carbons (Fsp3) is 0.400. The second kappa shape index (κ2) is 6.92. The van der Waals surface area contributed by atoms with Gasteiger partial charge in [-0.3, -0.25) is 14.9 Å². The lowest BCUT2D eigenvalue weighted by atomic mass is 10.4. The van der Waals surface area contributed by atoms with Crippen LogP contribution >= 0.6 is 11.8 Å². The fourth-order valence-electron chi connectivity index (χ4n) is 1.12. The number of nitro groups is 1. The minimum atomic E-state index is -0.515. The fourth-order valence-corrected chi connectivity index (χ4v) is 1.94. The molecule has 8 heteroatoms. The van der Waals surface area contributed by atoms with Crippen LogP contribution in [0.1, 0.15) is 6.92 Å². The number of nitrogens with zero attached hydrogens (tertiary/aromatic N) is 2. The molecule has 0 aliphatic rings. The molecule has 0 saturated carbocycles. The van der Waals surface area contributed by atoms with Crippen molar-refractivity contribution in [2.45, 2.75) is 17.2 Å². The standard InChI is InChI=1S/C10H14N4O3S/c1-7(10(15)12-5-4-11)18-9-3-2-8(6-13-9)14(16)17/h2-3,6-7H,4-5,11H2,1H3,(H,12,15). The van der Waals surface area contributed by atoms with Gasteiger partial charge in [0.05, 0.1) is 15.2 Å². The van der Waals surface area contributed by atoms with Crippen molar-refractivity contribution >= 4 is 23.4 Å². The quantitative estimate of drug-likeness (QED) is 0.443. The van der Waals surface area contributed by atoms with E-state index in [1.54, 1.807) is 6.92 Å². The second-order valence-electron chi connectivity index (χ2n) is 3.45. The molecule has 0 radical (unpaired) electrons. The van der Waals surface area contributed by atoms with E-state index in [4.69, 9.17) is 5.73 Å². The Bertz CT molecular complexity index is 424. The largest absolute Gasteiger partial charge is 0.354 e. The Labute approximate surface area is 108 Å². The maximum absolute atomic E-state index is 11.6. The van der Waals surface area contributed by atoms with Crippen LogP contribution in [-0.2, 0) is 4.79 Å². The number of amides is 1. The highest BCUT2D eigenvalue weighted by Gasteiger charge is 2.15. The normalized spacial score (nSPS) is 11.9. The molecule has 98 valence electrons. The van der Waals surface area contributed by atoms with E-state index in [1.165, 1.54) is 30.1 Å². The van der Waals surface area contributed by atoms with E-state index in [2.05, 4.69) is 10.3 Å². The lowest BCUT2D eigenvalue weighted by Gasteiger charge is -2.10. The zero-order valence-electron chi connectivity index (χ0n) is 9.83. The molecule has 0 saturated heterocycles. The van der Waals surface area contributed by atoms with E-state index < -0.39 is 4.92 Å². The van der Waals surface area contributed by atoms with Crippen LogP contribution in [0.2, 0.25) is 0 Å². The highest BCUT2D eigenvalue weighted by molar-refractivity contribution is 8.00. The number of hydrogen-bond donors (Lipinski definition) is 2. The molecular weight excluding hydrogens is 256 g/mol. The molecule has 1 heterocycles. The molecule has 0 aliphatic carbocycles. The van der Waals surface area contributed by atoms with E-state index in [9.17, 15) is 14.9 Å². The highest BCUT2D eigenvalue weighted by atomic mass is 32.2. The van der Waals surface area contributed by atoms with Gasteiger partial charge in [-0.25, -0.2) is 4.98 Å². The first kappa shape index (κ1) is 14.4. The highest BCUT2D eigenvalue weighted by Crippen LogP contribution is 2.22. The molecule has 0 aliphatic heterocycles. The van der Waals surface area contributed by atoms with Crippen molar-refractivity contribution in [1.29, 1.82) is 0 Å². The van der Waals surface area contributed by atoms with Crippen molar-refractivity contribution in [3.05, 3.63) is 28.4 Å². The molecular formula is C10H14N4O3S. The molecule has 0 bridgehead atoms.